The van der Waals surface area contributed by atoms with Crippen molar-refractivity contribution < 1.29 is 13.9 Å². The molecule has 1 aliphatic heterocycles. The van der Waals surface area contributed by atoms with Crippen molar-refractivity contribution in [1.82, 2.24) is 9.80 Å². The number of aryl methyl sites for hydroxylation is 1. The number of carbonyl (C=O) groups is 1. The Morgan fingerprint density at radius 2 is 1.76 bits per heavy atom. The summed E-state index contributed by atoms with van der Waals surface area (Å²) < 4.78 is 18.9. The number of nitrogens with one attached hydrogen (secondary N) is 1. The van der Waals surface area contributed by atoms with Gasteiger partial charge in [-0.2, -0.15) is 0 Å². The summed E-state index contributed by atoms with van der Waals surface area (Å²) >= 11 is 0. The molecule has 156 valence electrons. The molecule has 1 amide bonds. The highest BCUT2D eigenvalue weighted by atomic mass is 19.1. The third-order valence-electron chi connectivity index (χ3n) is 5.59. The summed E-state index contributed by atoms with van der Waals surface area (Å²) in [6, 6.07) is 12.9. The third kappa shape index (κ3) is 5.55. The first-order valence-corrected chi connectivity index (χ1v) is 10.2. The number of ether oxygens (including phenoxy) is 1. The highest BCUT2D eigenvalue weighted by Gasteiger charge is 2.25. The van der Waals surface area contributed by atoms with Crippen LogP contribution in [0.3, 0.4) is 0 Å². The van der Waals surface area contributed by atoms with Gasteiger partial charge in [0.05, 0.1) is 13.2 Å². The standard InChI is InChI=1S/C23H30FN3O2/c1-4-18-5-8-20(9-6-18)25-23(28)17(2)27-13-11-26(12-14-27)16-19-7-10-22(29-3)21(24)15-19/h5-10,15,17H,4,11-14,16H2,1-3H3,(H,25,28)/t17-/m1/s1. The molecule has 1 N–H and O–H groups in total. The molecule has 1 heterocycles. The molecule has 2 aromatic rings. The number of methoxy groups -OCH3 is 1. The second kappa shape index (κ2) is 9.85. The van der Waals surface area contributed by atoms with Gasteiger partial charge in [-0.25, -0.2) is 4.39 Å². The minimum atomic E-state index is -0.333. The van der Waals surface area contributed by atoms with Gasteiger partial charge in [-0.05, 0) is 48.7 Å². The van der Waals surface area contributed by atoms with Crippen molar-refractivity contribution in [3.8, 4) is 5.75 Å². The van der Waals surface area contributed by atoms with Crippen molar-refractivity contribution in [2.45, 2.75) is 32.9 Å². The first kappa shape index (κ1) is 21.3. The monoisotopic (exact) mass is 399 g/mol. The Hall–Kier alpha value is -2.44. The van der Waals surface area contributed by atoms with Crippen LogP contribution in [0.2, 0.25) is 0 Å². The van der Waals surface area contributed by atoms with E-state index in [1.54, 1.807) is 6.07 Å². The van der Waals surface area contributed by atoms with E-state index >= 15 is 0 Å². The van der Waals surface area contributed by atoms with Crippen LogP contribution in [0.25, 0.3) is 0 Å². The van der Waals surface area contributed by atoms with Crippen LogP contribution < -0.4 is 10.1 Å². The molecule has 0 spiro atoms. The van der Waals surface area contributed by atoms with Crippen LogP contribution in [0.4, 0.5) is 10.1 Å². The number of hydrogen-bond donors (Lipinski definition) is 1. The molecule has 0 aliphatic carbocycles. The van der Waals surface area contributed by atoms with Crippen molar-refractivity contribution in [2.24, 2.45) is 0 Å². The Labute approximate surface area is 172 Å². The Balaban J connectivity index is 1.48. The molecule has 0 aromatic heterocycles. The largest absolute Gasteiger partial charge is 0.494 e. The van der Waals surface area contributed by atoms with Gasteiger partial charge in [-0.3, -0.25) is 14.6 Å². The van der Waals surface area contributed by atoms with Gasteiger partial charge in [0.2, 0.25) is 5.91 Å². The number of halogens is 1. The van der Waals surface area contributed by atoms with E-state index in [1.165, 1.54) is 18.7 Å². The Morgan fingerprint density at radius 3 is 2.34 bits per heavy atom. The van der Waals surface area contributed by atoms with Crippen LogP contribution in [0, 0.1) is 5.82 Å². The Kier molecular flexibility index (Phi) is 7.23. The quantitative estimate of drug-likeness (QED) is 0.774. The number of benzene rings is 2. The van der Waals surface area contributed by atoms with E-state index in [1.807, 2.05) is 37.3 Å². The normalized spacial score (nSPS) is 16.4. The van der Waals surface area contributed by atoms with Crippen molar-refractivity contribution in [3.63, 3.8) is 0 Å². The molecule has 5 nitrogen and oxygen atoms in total. The second-order valence-corrected chi connectivity index (χ2v) is 7.50. The first-order chi connectivity index (χ1) is 14.0. The van der Waals surface area contributed by atoms with Gasteiger partial charge < -0.3 is 10.1 Å². The summed E-state index contributed by atoms with van der Waals surface area (Å²) in [7, 11) is 1.47. The predicted octanol–water partition coefficient (Wildman–Crippen LogP) is 3.54. The molecular weight excluding hydrogens is 369 g/mol. The van der Waals surface area contributed by atoms with Crippen LogP contribution in [-0.4, -0.2) is 55.0 Å². The minimum Gasteiger partial charge on any atom is -0.494 e. The molecule has 1 fully saturated rings. The number of amides is 1. The lowest BCUT2D eigenvalue weighted by atomic mass is 10.1. The lowest BCUT2D eigenvalue weighted by Crippen LogP contribution is -2.52. The van der Waals surface area contributed by atoms with Crippen LogP contribution in [0.5, 0.6) is 5.75 Å². The summed E-state index contributed by atoms with van der Waals surface area (Å²) in [5, 5.41) is 3.01. The van der Waals surface area contributed by atoms with E-state index in [-0.39, 0.29) is 23.5 Å². The average Bonchev–Trinajstić information content (AvgIpc) is 2.74. The number of piperazine rings is 1. The molecule has 0 radical (unpaired) electrons. The Bertz CT molecular complexity index is 817. The summed E-state index contributed by atoms with van der Waals surface area (Å²) in [6.45, 7) is 8.06. The fourth-order valence-electron chi connectivity index (χ4n) is 3.61. The summed E-state index contributed by atoms with van der Waals surface area (Å²) in [5.41, 5.74) is 3.01. The van der Waals surface area contributed by atoms with E-state index in [0.717, 1.165) is 43.9 Å². The Morgan fingerprint density at radius 1 is 1.10 bits per heavy atom. The topological polar surface area (TPSA) is 44.8 Å². The number of rotatable bonds is 7. The molecule has 2 aromatic carbocycles. The third-order valence-corrected chi connectivity index (χ3v) is 5.59. The molecule has 3 rings (SSSR count). The van der Waals surface area contributed by atoms with Crippen molar-refractivity contribution in [3.05, 3.63) is 59.4 Å². The molecular formula is C23H30FN3O2. The molecule has 1 saturated heterocycles. The lowest BCUT2D eigenvalue weighted by Gasteiger charge is -2.37. The lowest BCUT2D eigenvalue weighted by molar-refractivity contribution is -0.121. The fourth-order valence-corrected chi connectivity index (χ4v) is 3.61. The van der Waals surface area contributed by atoms with Gasteiger partial charge in [-0.15, -0.1) is 0 Å². The zero-order valence-electron chi connectivity index (χ0n) is 17.5. The van der Waals surface area contributed by atoms with E-state index in [0.29, 0.717) is 6.54 Å². The number of carbonyl (C=O) groups excluding carboxylic acids is 1. The molecule has 1 atom stereocenters. The molecule has 0 bridgehead atoms. The van der Waals surface area contributed by atoms with E-state index in [2.05, 4.69) is 22.0 Å². The van der Waals surface area contributed by atoms with Crippen molar-refractivity contribution in [2.75, 3.05) is 38.6 Å². The van der Waals surface area contributed by atoms with Gasteiger partial charge >= 0.3 is 0 Å². The zero-order chi connectivity index (χ0) is 20.8. The maximum Gasteiger partial charge on any atom is 0.241 e. The van der Waals surface area contributed by atoms with Crippen molar-refractivity contribution >= 4 is 11.6 Å². The van der Waals surface area contributed by atoms with E-state index < -0.39 is 0 Å². The zero-order valence-corrected chi connectivity index (χ0v) is 17.5. The fraction of sp³-hybridized carbons (Fsp3) is 0.435. The van der Waals surface area contributed by atoms with Gasteiger partial charge in [0.25, 0.3) is 0 Å². The summed E-state index contributed by atoms with van der Waals surface area (Å²) in [4.78, 5) is 17.1. The van der Waals surface area contributed by atoms with Crippen LogP contribution in [0.15, 0.2) is 42.5 Å². The highest BCUT2D eigenvalue weighted by molar-refractivity contribution is 5.94. The minimum absolute atomic E-state index is 0.0138. The molecule has 29 heavy (non-hydrogen) atoms. The predicted molar refractivity (Wildman–Crippen MR) is 114 cm³/mol. The highest BCUT2D eigenvalue weighted by Crippen LogP contribution is 2.19. The van der Waals surface area contributed by atoms with E-state index in [9.17, 15) is 9.18 Å². The van der Waals surface area contributed by atoms with Crippen LogP contribution in [-0.2, 0) is 17.8 Å². The van der Waals surface area contributed by atoms with Gasteiger partial charge in [-0.1, -0.05) is 25.1 Å². The number of nitrogens with zero attached hydrogens (tertiary/aromatic N) is 2. The number of anilines is 1. The van der Waals surface area contributed by atoms with Gasteiger partial charge in [0, 0.05) is 38.4 Å². The van der Waals surface area contributed by atoms with E-state index in [4.69, 9.17) is 4.74 Å². The second-order valence-electron chi connectivity index (χ2n) is 7.50. The maximum absolute atomic E-state index is 13.9. The molecule has 6 heteroatoms. The molecule has 1 aliphatic rings. The van der Waals surface area contributed by atoms with Crippen molar-refractivity contribution in [1.29, 1.82) is 0 Å². The van der Waals surface area contributed by atoms with Gasteiger partial charge in [0.15, 0.2) is 11.6 Å². The van der Waals surface area contributed by atoms with Crippen LogP contribution in [0.1, 0.15) is 25.0 Å². The summed E-state index contributed by atoms with van der Waals surface area (Å²) in [6.07, 6.45) is 0.984. The average molecular weight is 400 g/mol. The SMILES string of the molecule is CCc1ccc(NC(=O)[C@@H](C)N2CCN(Cc3ccc(OC)c(F)c3)CC2)cc1. The smallest absolute Gasteiger partial charge is 0.241 e. The number of hydrogen-bond acceptors (Lipinski definition) is 4. The van der Waals surface area contributed by atoms with Gasteiger partial charge in [0.1, 0.15) is 0 Å². The molecule has 0 unspecified atom stereocenters. The maximum atomic E-state index is 13.9. The van der Waals surface area contributed by atoms with Crippen LogP contribution >= 0.6 is 0 Å². The molecule has 0 saturated carbocycles. The summed E-state index contributed by atoms with van der Waals surface area (Å²) in [5.74, 6) is -0.0523. The first-order valence-electron chi connectivity index (χ1n) is 10.2.